The van der Waals surface area contributed by atoms with Crippen LogP contribution in [0.15, 0.2) is 89.1 Å². The van der Waals surface area contributed by atoms with Crippen LogP contribution in [0.5, 0.6) is 0 Å². The maximum Gasteiger partial charge on any atom is 0.211 e. The van der Waals surface area contributed by atoms with Gasteiger partial charge in [-0.05, 0) is 30.7 Å². The monoisotopic (exact) mass is 353 g/mol. The van der Waals surface area contributed by atoms with Crippen molar-refractivity contribution in [3.05, 3.63) is 95.7 Å². The van der Waals surface area contributed by atoms with Gasteiger partial charge in [0.05, 0.1) is 11.2 Å². The number of azo groups is 1. The number of fused-ring (bicyclic) bond motifs is 1. The Kier molecular flexibility index (Phi) is 4.38. The van der Waals surface area contributed by atoms with Crippen molar-refractivity contribution in [2.24, 2.45) is 17.3 Å². The molecule has 0 unspecified atom stereocenters. The van der Waals surface area contributed by atoms with Gasteiger partial charge in [-0.15, -0.1) is 5.11 Å². The molecule has 0 radical (unpaired) electrons. The van der Waals surface area contributed by atoms with Crippen molar-refractivity contribution in [3.63, 3.8) is 0 Å². The number of hydrogen-bond acceptors (Lipinski definition) is 3. The van der Waals surface area contributed by atoms with Crippen molar-refractivity contribution >= 4 is 28.1 Å². The highest BCUT2D eigenvalue weighted by atomic mass is 16.1. The molecule has 0 spiro atoms. The minimum atomic E-state index is -0.0625. The predicted octanol–water partition coefficient (Wildman–Crippen LogP) is 6.13. The summed E-state index contributed by atoms with van der Waals surface area (Å²) in [5, 5.41) is 9.81. The number of para-hydroxylation sites is 1. The molecule has 4 nitrogen and oxygen atoms in total. The molecule has 3 aromatic carbocycles. The zero-order chi connectivity index (χ0) is 18.8. The third kappa shape index (κ3) is 3.17. The van der Waals surface area contributed by atoms with Crippen molar-refractivity contribution in [1.29, 1.82) is 0 Å². The Bertz CT molecular complexity index is 1160. The molecule has 0 fully saturated rings. The predicted molar refractivity (Wildman–Crippen MR) is 108 cm³/mol. The van der Waals surface area contributed by atoms with Crippen LogP contribution in [-0.4, -0.2) is 10.4 Å². The quantitative estimate of drug-likeness (QED) is 0.321. The lowest BCUT2D eigenvalue weighted by Gasteiger charge is -2.04. The van der Waals surface area contributed by atoms with E-state index < -0.39 is 0 Å². The Morgan fingerprint density at radius 1 is 0.852 bits per heavy atom. The Labute approximate surface area is 157 Å². The van der Waals surface area contributed by atoms with Crippen LogP contribution in [0.1, 0.15) is 21.6 Å². The highest BCUT2D eigenvalue weighted by molar-refractivity contribution is 6.15. The molecular formula is C23H19N3O. The number of benzene rings is 3. The second-order valence-electron chi connectivity index (χ2n) is 6.51. The zero-order valence-corrected chi connectivity index (χ0v) is 15.3. The van der Waals surface area contributed by atoms with Crippen LogP contribution in [0.2, 0.25) is 0 Å². The Morgan fingerprint density at radius 3 is 2.37 bits per heavy atom. The third-order valence-corrected chi connectivity index (χ3v) is 4.60. The molecule has 0 N–H and O–H groups in total. The van der Waals surface area contributed by atoms with E-state index in [4.69, 9.17) is 0 Å². The molecule has 132 valence electrons. The second kappa shape index (κ2) is 7.00. The van der Waals surface area contributed by atoms with Gasteiger partial charge in [-0.3, -0.25) is 4.79 Å². The van der Waals surface area contributed by atoms with Crippen LogP contribution in [0, 0.1) is 6.92 Å². The van der Waals surface area contributed by atoms with E-state index in [-0.39, 0.29) is 5.78 Å². The molecule has 0 aliphatic carbocycles. The van der Waals surface area contributed by atoms with Crippen molar-refractivity contribution in [2.45, 2.75) is 6.92 Å². The van der Waals surface area contributed by atoms with E-state index >= 15 is 0 Å². The van der Waals surface area contributed by atoms with E-state index in [1.54, 1.807) is 0 Å². The summed E-state index contributed by atoms with van der Waals surface area (Å²) in [4.78, 5) is 13.2. The van der Waals surface area contributed by atoms with Crippen LogP contribution in [-0.2, 0) is 7.05 Å². The smallest absolute Gasteiger partial charge is 0.211 e. The average Bonchev–Trinajstić information content (AvgIpc) is 2.99. The van der Waals surface area contributed by atoms with Gasteiger partial charge in [0.2, 0.25) is 5.78 Å². The topological polar surface area (TPSA) is 46.7 Å². The highest BCUT2D eigenvalue weighted by Gasteiger charge is 2.22. The first-order valence-corrected chi connectivity index (χ1v) is 8.81. The van der Waals surface area contributed by atoms with Crippen molar-refractivity contribution in [3.8, 4) is 0 Å². The lowest BCUT2D eigenvalue weighted by Crippen LogP contribution is -2.07. The summed E-state index contributed by atoms with van der Waals surface area (Å²) in [6, 6.07) is 25.0. The fourth-order valence-corrected chi connectivity index (χ4v) is 3.26. The maximum absolute atomic E-state index is 13.2. The molecule has 4 rings (SSSR count). The molecule has 27 heavy (non-hydrogen) atoms. The second-order valence-corrected chi connectivity index (χ2v) is 6.51. The molecule has 0 aliphatic rings. The largest absolute Gasteiger partial charge is 0.339 e. The first-order valence-electron chi connectivity index (χ1n) is 8.81. The zero-order valence-electron chi connectivity index (χ0n) is 15.3. The number of nitrogens with zero attached hydrogens (tertiary/aromatic N) is 3. The van der Waals surface area contributed by atoms with Crippen molar-refractivity contribution in [1.82, 2.24) is 4.57 Å². The number of rotatable bonds is 4. The maximum atomic E-state index is 13.2. The van der Waals surface area contributed by atoms with E-state index in [0.717, 1.165) is 22.2 Å². The van der Waals surface area contributed by atoms with E-state index in [1.807, 2.05) is 97.4 Å². The Hall–Kier alpha value is -3.53. The summed E-state index contributed by atoms with van der Waals surface area (Å²) in [6.07, 6.45) is 0. The van der Waals surface area contributed by atoms with Gasteiger partial charge in [-0.2, -0.15) is 5.11 Å². The van der Waals surface area contributed by atoms with Crippen LogP contribution in [0.3, 0.4) is 0 Å². The molecule has 0 saturated carbocycles. The number of aromatic nitrogens is 1. The molecule has 0 saturated heterocycles. The van der Waals surface area contributed by atoms with Gasteiger partial charge in [0.1, 0.15) is 11.4 Å². The van der Waals surface area contributed by atoms with Crippen LogP contribution >= 0.6 is 0 Å². The Morgan fingerprint density at radius 2 is 1.59 bits per heavy atom. The molecule has 1 heterocycles. The van der Waals surface area contributed by atoms with Gasteiger partial charge in [0.25, 0.3) is 0 Å². The van der Waals surface area contributed by atoms with E-state index in [1.165, 1.54) is 0 Å². The third-order valence-electron chi connectivity index (χ3n) is 4.60. The molecule has 1 aromatic heterocycles. The lowest BCUT2D eigenvalue weighted by molar-refractivity contribution is 0.103. The van der Waals surface area contributed by atoms with Gasteiger partial charge in [-0.1, -0.05) is 60.7 Å². The van der Waals surface area contributed by atoms with E-state index in [2.05, 4.69) is 10.2 Å². The summed E-state index contributed by atoms with van der Waals surface area (Å²) >= 11 is 0. The summed E-state index contributed by atoms with van der Waals surface area (Å²) in [5.74, 6) is -0.0625. The molecule has 0 bridgehead atoms. The number of ketones is 1. The number of aryl methyl sites for hydroxylation is 2. The molecule has 4 aromatic rings. The van der Waals surface area contributed by atoms with Gasteiger partial charge in [0.15, 0.2) is 0 Å². The van der Waals surface area contributed by atoms with E-state index in [9.17, 15) is 4.79 Å². The van der Waals surface area contributed by atoms with Gasteiger partial charge in [0, 0.05) is 18.0 Å². The molecular weight excluding hydrogens is 334 g/mol. The summed E-state index contributed by atoms with van der Waals surface area (Å²) in [5.41, 5.74) is 4.61. The first-order chi connectivity index (χ1) is 13.1. The number of hydrogen-bond donors (Lipinski definition) is 0. The fraction of sp³-hybridized carbons (Fsp3) is 0.0870. The molecule has 0 atom stereocenters. The highest BCUT2D eigenvalue weighted by Crippen LogP contribution is 2.35. The fourth-order valence-electron chi connectivity index (χ4n) is 3.26. The lowest BCUT2D eigenvalue weighted by atomic mass is 10.1. The van der Waals surface area contributed by atoms with Crippen molar-refractivity contribution < 1.29 is 4.79 Å². The van der Waals surface area contributed by atoms with Gasteiger partial charge >= 0.3 is 0 Å². The van der Waals surface area contributed by atoms with Crippen molar-refractivity contribution in [2.75, 3.05) is 0 Å². The summed E-state index contributed by atoms with van der Waals surface area (Å²) in [7, 11) is 1.89. The molecule has 4 heteroatoms. The number of carbonyl (C=O) groups excluding carboxylic acids is 1. The van der Waals surface area contributed by atoms with Gasteiger partial charge < -0.3 is 4.57 Å². The average molecular weight is 353 g/mol. The summed E-state index contributed by atoms with van der Waals surface area (Å²) in [6.45, 7) is 2.02. The summed E-state index contributed by atoms with van der Waals surface area (Å²) < 4.78 is 1.90. The van der Waals surface area contributed by atoms with Crippen LogP contribution in [0.4, 0.5) is 11.4 Å². The first kappa shape index (κ1) is 16.9. The number of carbonyl (C=O) groups is 1. The SMILES string of the molecule is Cc1cccc(/N=N/c2c(C(=O)c3ccccc3)n(C)c3ccccc23)c1. The molecule has 0 aliphatic heterocycles. The van der Waals surface area contributed by atoms with Crippen LogP contribution in [0.25, 0.3) is 10.9 Å². The molecule has 0 amide bonds. The normalized spacial score (nSPS) is 11.3. The minimum Gasteiger partial charge on any atom is -0.339 e. The minimum absolute atomic E-state index is 0.0625. The van der Waals surface area contributed by atoms with E-state index in [0.29, 0.717) is 16.9 Å². The van der Waals surface area contributed by atoms with Gasteiger partial charge in [-0.25, -0.2) is 0 Å². The Balaban J connectivity index is 1.89. The van der Waals surface area contributed by atoms with Crippen LogP contribution < -0.4 is 0 Å². The standard InChI is InChI=1S/C23H19N3O/c1-16-9-8-12-18(15-16)24-25-21-19-13-6-7-14-20(19)26(2)22(21)23(27)17-10-4-3-5-11-17/h3-15H,1-2H3/b25-24+.